The Bertz CT molecular complexity index is 669. The van der Waals surface area contributed by atoms with Crippen LogP contribution < -0.4 is 56.5 Å². The topological polar surface area (TPSA) is 43.4 Å². The zero-order valence-electron chi connectivity index (χ0n) is 40.1. The Kier molecular flexibility index (Phi) is 58.1. The molecule has 336 valence electrons. The van der Waals surface area contributed by atoms with Crippen LogP contribution in [0.5, 0.6) is 0 Å². The minimum Gasteiger partial charge on any atom is -0.550 e. The molecule has 0 aliphatic rings. The van der Waals surface area contributed by atoms with E-state index in [0.717, 1.165) is 19.4 Å². The summed E-state index contributed by atoms with van der Waals surface area (Å²) in [4.78, 5) is 13.5. The molecule has 0 aromatic rings. The molecule has 0 N–H and O–H groups in total. The van der Waals surface area contributed by atoms with Gasteiger partial charge in [-0.05, 0) is 51.7 Å². The molecule has 0 atom stereocenters. The van der Waals surface area contributed by atoms with E-state index in [0.29, 0.717) is 0 Å². The second-order valence-corrected chi connectivity index (χ2v) is 18.5. The number of nitrogens with zero attached hydrogens (tertiary/aromatic N) is 1. The van der Waals surface area contributed by atoms with Gasteiger partial charge in [0.2, 0.25) is 0 Å². The van der Waals surface area contributed by atoms with Gasteiger partial charge in [0.25, 0.3) is 0 Å². The Hall–Kier alpha value is 1.07. The van der Waals surface area contributed by atoms with Gasteiger partial charge in [0.05, 0.1) is 0 Å². The fraction of sp³-hybridized carbons (Fsp3) is 0.981. The van der Waals surface area contributed by atoms with Crippen LogP contribution in [-0.2, 0) is 4.79 Å². The average molecular weight is 829 g/mol. The molecule has 0 bridgehead atoms. The number of carboxylic acids is 1. The zero-order chi connectivity index (χ0) is 40.5. The van der Waals surface area contributed by atoms with Crippen molar-refractivity contribution in [1.29, 1.82) is 0 Å². The van der Waals surface area contributed by atoms with E-state index >= 15 is 0 Å². The summed E-state index contributed by atoms with van der Waals surface area (Å²) in [5, 5.41) is 10.9. The van der Waals surface area contributed by atoms with E-state index in [-0.39, 0.29) is 57.8 Å². The second kappa shape index (κ2) is 55.1. The van der Waals surface area contributed by atoms with Crippen LogP contribution in [-0.4, -0.2) is 30.5 Å². The van der Waals surface area contributed by atoms with Crippen LogP contribution in [0.25, 0.3) is 0 Å². The molecular formula is C53H106KNO2. The Morgan fingerprint density at radius 3 is 0.614 bits per heavy atom. The fourth-order valence-corrected chi connectivity index (χ4v) is 8.83. The van der Waals surface area contributed by atoms with E-state index in [1.165, 1.54) is 296 Å². The number of carbonyl (C=O) groups excluding carboxylic acids is 1. The van der Waals surface area contributed by atoms with Crippen molar-refractivity contribution in [3.63, 3.8) is 0 Å². The van der Waals surface area contributed by atoms with E-state index in [4.69, 9.17) is 0 Å². The van der Waals surface area contributed by atoms with Gasteiger partial charge in [-0.2, -0.15) is 0 Å². The van der Waals surface area contributed by atoms with E-state index < -0.39 is 5.97 Å². The van der Waals surface area contributed by atoms with Gasteiger partial charge in [0.1, 0.15) is 0 Å². The van der Waals surface area contributed by atoms with Crippen molar-refractivity contribution in [1.82, 2.24) is 4.90 Å². The Labute approximate surface area is 403 Å². The summed E-state index contributed by atoms with van der Waals surface area (Å²) in [6.45, 7) is 8.07. The quantitative estimate of drug-likeness (QED) is 0.0453. The van der Waals surface area contributed by atoms with Gasteiger partial charge >= 0.3 is 51.4 Å². The third kappa shape index (κ3) is 55.0. The molecule has 0 unspecified atom stereocenters. The molecule has 0 radical (unpaired) electrons. The monoisotopic (exact) mass is 828 g/mol. The summed E-state index contributed by atoms with van der Waals surface area (Å²) >= 11 is 0. The van der Waals surface area contributed by atoms with Crippen LogP contribution in [0.15, 0.2) is 0 Å². The first kappa shape index (κ1) is 60.2. The maximum Gasteiger partial charge on any atom is 1.00 e. The van der Waals surface area contributed by atoms with Gasteiger partial charge in [-0.25, -0.2) is 0 Å². The first-order valence-corrected chi connectivity index (χ1v) is 26.6. The molecule has 57 heavy (non-hydrogen) atoms. The average Bonchev–Trinajstić information content (AvgIpc) is 3.19. The molecule has 3 nitrogen and oxygen atoms in total. The summed E-state index contributed by atoms with van der Waals surface area (Å²) < 4.78 is 0. The third-order valence-corrected chi connectivity index (χ3v) is 12.8. The normalized spacial score (nSPS) is 11.5. The summed E-state index contributed by atoms with van der Waals surface area (Å²) in [5.41, 5.74) is 0. The minimum atomic E-state index is -0.893. The molecular weight excluding hydrogens is 722 g/mol. The molecule has 0 saturated heterocycles. The van der Waals surface area contributed by atoms with Crippen molar-refractivity contribution in [3.8, 4) is 0 Å². The Balaban J connectivity index is 0. The molecule has 0 amide bonds. The van der Waals surface area contributed by atoms with Crippen molar-refractivity contribution < 1.29 is 61.3 Å². The minimum absolute atomic E-state index is 0. The number of aliphatic carboxylic acids is 1. The maximum atomic E-state index is 10.9. The number of rotatable bonds is 51. The van der Waals surface area contributed by atoms with E-state index in [1.807, 2.05) is 0 Å². The van der Waals surface area contributed by atoms with Crippen molar-refractivity contribution in [2.24, 2.45) is 0 Å². The summed E-state index contributed by atoms with van der Waals surface area (Å²) in [5.74, 6) is -0.893. The number of unbranched alkanes of at least 4 members (excludes halogenated alkanes) is 43. The smallest absolute Gasteiger partial charge is 0.550 e. The van der Waals surface area contributed by atoms with Gasteiger partial charge in [0, 0.05) is 5.97 Å². The van der Waals surface area contributed by atoms with Gasteiger partial charge < -0.3 is 14.8 Å². The number of carboxylic acid groups (broad SMARTS) is 1. The number of hydrogen-bond donors (Lipinski definition) is 0. The molecule has 0 spiro atoms. The summed E-state index contributed by atoms with van der Waals surface area (Å²) in [7, 11) is 0. The van der Waals surface area contributed by atoms with Crippen LogP contribution in [0, 0.1) is 0 Å². The fourth-order valence-electron chi connectivity index (χ4n) is 8.83. The molecule has 0 saturated carbocycles. The van der Waals surface area contributed by atoms with Crippen molar-refractivity contribution in [2.75, 3.05) is 19.6 Å². The molecule has 0 aliphatic heterocycles. The molecule has 0 heterocycles. The predicted molar refractivity (Wildman–Crippen MR) is 250 cm³/mol. The second-order valence-electron chi connectivity index (χ2n) is 18.5. The molecule has 0 rings (SSSR count). The van der Waals surface area contributed by atoms with Crippen LogP contribution in [0.1, 0.15) is 316 Å². The molecule has 0 aromatic carbocycles. The zero-order valence-corrected chi connectivity index (χ0v) is 43.2. The molecule has 0 fully saturated rings. The van der Waals surface area contributed by atoms with Crippen LogP contribution in [0.4, 0.5) is 0 Å². The van der Waals surface area contributed by atoms with Crippen LogP contribution >= 0.6 is 0 Å². The first-order valence-electron chi connectivity index (χ1n) is 26.6. The van der Waals surface area contributed by atoms with E-state index in [1.54, 1.807) is 0 Å². The summed E-state index contributed by atoms with van der Waals surface area (Å²) in [6, 6.07) is 0. The predicted octanol–water partition coefficient (Wildman–Crippen LogP) is 14.4. The Morgan fingerprint density at radius 2 is 0.439 bits per heavy atom. The van der Waals surface area contributed by atoms with E-state index in [2.05, 4.69) is 18.7 Å². The maximum absolute atomic E-state index is 10.9. The Morgan fingerprint density at radius 1 is 0.281 bits per heavy atom. The summed E-state index contributed by atoms with van der Waals surface area (Å²) in [6.07, 6.45) is 65.1. The standard InChI is InChI=1S/C53H107NO2.K/c1-3-5-7-9-11-13-15-17-19-21-23-25-27-29-31-33-35-37-39-41-43-46-50-54(52-48-45-49-53(55)56)51-47-44-42-40-38-36-34-32-30-28-26-24-22-20-18-16-14-12-10-8-6-4-2;/h3-52H2,1-2H3,(H,55,56);/q;+1/p-1. The van der Waals surface area contributed by atoms with Gasteiger partial charge in [-0.1, -0.05) is 284 Å². The SMILES string of the molecule is CCCCCCCCCCCCCCCCCCCCCCCCN(CCCCCCCCCCCCCCCCCCCCCCCC)CCCCC(=O)[O-].[K+]. The van der Waals surface area contributed by atoms with Crippen molar-refractivity contribution in [2.45, 2.75) is 316 Å². The molecule has 0 aliphatic carbocycles. The van der Waals surface area contributed by atoms with Crippen LogP contribution in [0.3, 0.4) is 0 Å². The van der Waals surface area contributed by atoms with Crippen molar-refractivity contribution in [3.05, 3.63) is 0 Å². The van der Waals surface area contributed by atoms with E-state index in [9.17, 15) is 9.90 Å². The first-order chi connectivity index (χ1) is 27.7. The third-order valence-electron chi connectivity index (χ3n) is 12.8. The molecule has 4 heteroatoms. The number of hydrogen-bond acceptors (Lipinski definition) is 3. The van der Waals surface area contributed by atoms with Gasteiger partial charge in [-0.15, -0.1) is 0 Å². The van der Waals surface area contributed by atoms with Crippen LogP contribution in [0.2, 0.25) is 0 Å². The molecule has 0 aromatic heterocycles. The van der Waals surface area contributed by atoms with Gasteiger partial charge in [-0.3, -0.25) is 0 Å². The number of carbonyl (C=O) groups is 1. The van der Waals surface area contributed by atoms with Gasteiger partial charge in [0.15, 0.2) is 0 Å². The largest absolute Gasteiger partial charge is 1.00 e. The van der Waals surface area contributed by atoms with Crippen molar-refractivity contribution >= 4 is 5.97 Å².